The maximum atomic E-state index is 13.1. The minimum atomic E-state index is -0.962. The van der Waals surface area contributed by atoms with Crippen LogP contribution in [0.15, 0.2) is 52.9 Å². The van der Waals surface area contributed by atoms with Crippen LogP contribution in [0, 0.1) is 5.92 Å². The number of ether oxygens (including phenoxy) is 2. The number of piperidine rings is 1. The molecule has 46 heavy (non-hydrogen) atoms. The number of furan rings is 1. The molecule has 0 radical (unpaired) electrons. The van der Waals surface area contributed by atoms with Crippen LogP contribution in [0.3, 0.4) is 0 Å². The van der Waals surface area contributed by atoms with Crippen LogP contribution in [0.2, 0.25) is 0 Å². The fourth-order valence-corrected chi connectivity index (χ4v) is 7.35. The number of hydrogen-bond donors (Lipinski definition) is 1. The van der Waals surface area contributed by atoms with Gasteiger partial charge in [-0.05, 0) is 43.0 Å². The molecule has 1 unspecified atom stereocenters. The first kappa shape index (κ1) is 28.7. The summed E-state index contributed by atoms with van der Waals surface area (Å²) in [6, 6.07) is 15.2. The molecule has 0 aliphatic carbocycles. The zero-order valence-corrected chi connectivity index (χ0v) is 25.7. The predicted molar refractivity (Wildman–Crippen MR) is 170 cm³/mol. The maximum Gasteiger partial charge on any atom is 0.326 e. The zero-order chi connectivity index (χ0) is 31.4. The van der Waals surface area contributed by atoms with Crippen molar-refractivity contribution in [1.29, 1.82) is 0 Å². The number of para-hydroxylation sites is 3. The molecule has 2 aromatic carbocycles. The Hall–Kier alpha value is -4.71. The van der Waals surface area contributed by atoms with Crippen LogP contribution in [0.25, 0.3) is 33.1 Å². The molecular weight excluding hydrogens is 588 g/mol. The van der Waals surface area contributed by atoms with Crippen molar-refractivity contribution in [3.8, 4) is 6.01 Å². The molecule has 12 heteroatoms. The third-order valence-electron chi connectivity index (χ3n) is 9.60. The summed E-state index contributed by atoms with van der Waals surface area (Å²) in [6.07, 6.45) is 2.02. The number of nitrogens with zero attached hydrogens (tertiary/aromatic N) is 6. The van der Waals surface area contributed by atoms with E-state index in [1.807, 2.05) is 53.4 Å². The number of aliphatic carboxylic acids is 1. The molecule has 0 saturated carbocycles. The van der Waals surface area contributed by atoms with Gasteiger partial charge in [-0.3, -0.25) is 9.36 Å². The van der Waals surface area contributed by atoms with Crippen molar-refractivity contribution < 1.29 is 28.6 Å². The highest BCUT2D eigenvalue weighted by Crippen LogP contribution is 2.39. The summed E-state index contributed by atoms with van der Waals surface area (Å²) in [5.74, 6) is 0.311. The summed E-state index contributed by atoms with van der Waals surface area (Å²) in [5.41, 5.74) is 3.52. The normalized spacial score (nSPS) is 24.4. The van der Waals surface area contributed by atoms with Gasteiger partial charge in [-0.25, -0.2) is 14.8 Å². The first-order valence-electron chi connectivity index (χ1n) is 16.1. The molecule has 238 valence electrons. The molecular formula is C34H36N6O6. The number of rotatable bonds is 1. The van der Waals surface area contributed by atoms with E-state index in [1.54, 1.807) is 4.90 Å². The Balaban J connectivity index is 1.23. The molecule has 1 N–H and O–H groups in total. The van der Waals surface area contributed by atoms with E-state index >= 15 is 0 Å². The summed E-state index contributed by atoms with van der Waals surface area (Å²) in [5, 5.41) is 11.3. The van der Waals surface area contributed by atoms with Crippen molar-refractivity contribution in [3.05, 3.63) is 54.4 Å². The lowest BCUT2D eigenvalue weighted by atomic mass is 9.93. The van der Waals surface area contributed by atoms with Crippen molar-refractivity contribution in [2.24, 2.45) is 5.92 Å². The largest absolute Gasteiger partial charge is 0.480 e. The molecule has 7 heterocycles. The Labute approximate surface area is 264 Å². The van der Waals surface area contributed by atoms with Gasteiger partial charge in [-0.1, -0.05) is 31.2 Å². The Morgan fingerprint density at radius 3 is 2.72 bits per heavy atom. The van der Waals surface area contributed by atoms with Crippen LogP contribution in [0.5, 0.6) is 6.01 Å². The van der Waals surface area contributed by atoms with Gasteiger partial charge in [-0.15, -0.1) is 0 Å². The lowest BCUT2D eigenvalue weighted by Gasteiger charge is -2.38. The van der Waals surface area contributed by atoms with Crippen LogP contribution < -0.4 is 9.64 Å². The van der Waals surface area contributed by atoms with Crippen LogP contribution in [0.1, 0.15) is 44.5 Å². The summed E-state index contributed by atoms with van der Waals surface area (Å²) in [7, 11) is 0. The first-order chi connectivity index (χ1) is 22.4. The molecule has 5 aromatic rings. The Morgan fingerprint density at radius 2 is 1.85 bits per heavy atom. The molecule has 4 atom stereocenters. The highest BCUT2D eigenvalue weighted by atomic mass is 16.5. The van der Waals surface area contributed by atoms with Gasteiger partial charge in [0.05, 0.1) is 24.2 Å². The van der Waals surface area contributed by atoms with E-state index in [1.165, 1.54) is 0 Å². The van der Waals surface area contributed by atoms with Gasteiger partial charge in [0.1, 0.15) is 29.1 Å². The van der Waals surface area contributed by atoms with Gasteiger partial charge >= 0.3 is 5.97 Å². The van der Waals surface area contributed by atoms with Crippen LogP contribution in [0.4, 0.5) is 5.82 Å². The third-order valence-corrected chi connectivity index (χ3v) is 9.60. The van der Waals surface area contributed by atoms with Gasteiger partial charge in [0.25, 0.3) is 6.01 Å². The number of carbonyl (C=O) groups excluding carboxylic acids is 1. The molecule has 2 saturated heterocycles. The number of benzene rings is 2. The van der Waals surface area contributed by atoms with E-state index in [0.717, 1.165) is 22.8 Å². The molecule has 4 aliphatic heterocycles. The monoisotopic (exact) mass is 624 g/mol. The van der Waals surface area contributed by atoms with E-state index in [4.69, 9.17) is 28.8 Å². The lowest BCUT2D eigenvalue weighted by molar-refractivity contribution is -0.138. The summed E-state index contributed by atoms with van der Waals surface area (Å²) >= 11 is 0. The number of aromatic nitrogens is 4. The molecule has 0 spiro atoms. The van der Waals surface area contributed by atoms with Crippen molar-refractivity contribution >= 4 is 50.8 Å². The zero-order valence-electron chi connectivity index (χ0n) is 25.7. The van der Waals surface area contributed by atoms with Crippen LogP contribution in [-0.2, 0) is 20.7 Å². The third kappa shape index (κ3) is 5.00. The minimum absolute atomic E-state index is 0.0627. The Bertz CT molecular complexity index is 1950. The smallest absolute Gasteiger partial charge is 0.326 e. The van der Waals surface area contributed by atoms with E-state index in [0.29, 0.717) is 79.9 Å². The number of fused-ring (bicyclic) bond motifs is 12. The average Bonchev–Trinajstić information content (AvgIpc) is 3.75. The SMILES string of the molecule is C[C@H]1CN2CCC1n1c(nc3ccccc31)O[C@H]1C[C@@H](C(=O)O)N(C1)c1nc(nc3c1oc1ccccc13)CCOCCCC2=O. The minimum Gasteiger partial charge on any atom is -0.480 e. The number of carboxylic acids is 1. The second-order valence-electron chi connectivity index (χ2n) is 12.6. The molecule has 9 rings (SSSR count). The first-order valence-corrected chi connectivity index (χ1v) is 16.1. The molecule has 1 amide bonds. The highest BCUT2D eigenvalue weighted by molar-refractivity contribution is 6.06. The van der Waals surface area contributed by atoms with Crippen LogP contribution >= 0.6 is 0 Å². The fraction of sp³-hybridized carbons (Fsp3) is 0.441. The highest BCUT2D eigenvalue weighted by Gasteiger charge is 2.42. The van der Waals surface area contributed by atoms with E-state index in [9.17, 15) is 14.7 Å². The van der Waals surface area contributed by atoms with E-state index < -0.39 is 18.1 Å². The molecule has 2 fully saturated rings. The number of carboxylic acid groups (broad SMARTS) is 1. The van der Waals surface area contributed by atoms with E-state index in [-0.39, 0.29) is 30.8 Å². The van der Waals surface area contributed by atoms with Gasteiger partial charge < -0.3 is 28.8 Å². The molecule has 6 bridgehead atoms. The Kier molecular flexibility index (Phi) is 7.24. The van der Waals surface area contributed by atoms with Crippen molar-refractivity contribution in [3.63, 3.8) is 0 Å². The number of hydrogen-bond acceptors (Lipinski definition) is 9. The van der Waals surface area contributed by atoms with Crippen molar-refractivity contribution in [1.82, 2.24) is 24.4 Å². The van der Waals surface area contributed by atoms with Crippen molar-refractivity contribution in [2.45, 2.75) is 57.2 Å². The average molecular weight is 625 g/mol. The fourth-order valence-electron chi connectivity index (χ4n) is 7.35. The van der Waals surface area contributed by atoms with Crippen molar-refractivity contribution in [2.75, 3.05) is 37.7 Å². The standard InChI is InChI=1S/C34H36N6O6/c1-20-18-38-14-12-24(20)40-25-9-4-3-8-23(25)35-34(40)45-21-17-26(33(42)43)39(19-21)32-31-30(22-7-2-5-10-27(22)46-31)36-28(37-32)13-16-44-15-6-11-29(38)41/h2-5,7-10,20-21,24,26H,6,11-19H2,1H3,(H,42,43)/t20-,21-,24?,26-/m0/s1. The van der Waals surface area contributed by atoms with E-state index in [2.05, 4.69) is 11.5 Å². The topological polar surface area (TPSA) is 136 Å². The summed E-state index contributed by atoms with van der Waals surface area (Å²) in [6.45, 7) is 4.58. The quantitative estimate of drug-likeness (QED) is 0.282. The van der Waals surface area contributed by atoms with Crippen LogP contribution in [-0.4, -0.2) is 86.4 Å². The van der Waals surface area contributed by atoms with Gasteiger partial charge in [0, 0.05) is 50.4 Å². The van der Waals surface area contributed by atoms with Gasteiger partial charge in [-0.2, -0.15) is 4.98 Å². The molecule has 12 nitrogen and oxygen atoms in total. The Morgan fingerprint density at radius 1 is 1.00 bits per heavy atom. The molecule has 3 aromatic heterocycles. The number of imidazole rings is 1. The number of carbonyl (C=O) groups is 2. The second-order valence-corrected chi connectivity index (χ2v) is 12.6. The predicted octanol–water partition coefficient (Wildman–Crippen LogP) is 4.60. The second kappa shape index (κ2) is 11.6. The maximum absolute atomic E-state index is 13.1. The summed E-state index contributed by atoms with van der Waals surface area (Å²) < 4.78 is 21.0. The summed E-state index contributed by atoms with van der Waals surface area (Å²) in [4.78, 5) is 44.2. The van der Waals surface area contributed by atoms with Gasteiger partial charge in [0.15, 0.2) is 11.4 Å². The number of amides is 1. The molecule has 4 aliphatic rings. The number of anilines is 1. The lowest BCUT2D eigenvalue weighted by Crippen LogP contribution is -2.43. The van der Waals surface area contributed by atoms with Gasteiger partial charge in [0.2, 0.25) is 5.91 Å².